The number of benzene rings is 1. The highest BCUT2D eigenvalue weighted by Crippen LogP contribution is 2.11. The zero-order valence-corrected chi connectivity index (χ0v) is 11.0. The molecule has 0 atom stereocenters. The molecule has 0 spiro atoms. The van der Waals surface area contributed by atoms with Gasteiger partial charge in [0.2, 0.25) is 11.2 Å². The third kappa shape index (κ3) is 3.75. The molecule has 0 unspecified atom stereocenters. The van der Waals surface area contributed by atoms with E-state index >= 15 is 0 Å². The first kappa shape index (κ1) is 13.5. The molecule has 0 fully saturated rings. The Kier molecular flexibility index (Phi) is 4.46. The maximum Gasteiger partial charge on any atom is 0.322 e. The largest absolute Gasteiger partial charge is 0.467 e. The van der Waals surface area contributed by atoms with Crippen molar-refractivity contribution in [3.8, 4) is 6.01 Å². The highest BCUT2D eigenvalue weighted by molar-refractivity contribution is 6.28. The zero-order chi connectivity index (χ0) is 13.7. The minimum atomic E-state index is -0.226. The Balaban J connectivity index is 1.96. The van der Waals surface area contributed by atoms with Crippen molar-refractivity contribution in [2.45, 2.75) is 6.42 Å². The van der Waals surface area contributed by atoms with Gasteiger partial charge in [0.1, 0.15) is 5.82 Å². The Morgan fingerprint density at radius 3 is 2.79 bits per heavy atom. The van der Waals surface area contributed by atoms with E-state index in [9.17, 15) is 4.39 Å². The van der Waals surface area contributed by atoms with Gasteiger partial charge >= 0.3 is 6.01 Å². The summed E-state index contributed by atoms with van der Waals surface area (Å²) in [6.45, 7) is 0.477. The third-order valence-corrected chi connectivity index (χ3v) is 2.57. The molecule has 2 rings (SSSR count). The first-order valence-electron chi connectivity index (χ1n) is 5.62. The lowest BCUT2D eigenvalue weighted by Gasteiger charge is -2.06. The summed E-state index contributed by atoms with van der Waals surface area (Å²) in [5.74, 6) is 0.0729. The summed E-state index contributed by atoms with van der Waals surface area (Å²) in [5, 5.41) is 2.98. The van der Waals surface area contributed by atoms with E-state index in [-0.39, 0.29) is 17.1 Å². The molecule has 7 heteroatoms. The fourth-order valence-electron chi connectivity index (χ4n) is 1.51. The van der Waals surface area contributed by atoms with E-state index in [2.05, 4.69) is 20.3 Å². The molecule has 1 aromatic heterocycles. The molecule has 1 heterocycles. The Bertz CT molecular complexity index is 567. The minimum Gasteiger partial charge on any atom is -0.467 e. The average molecular weight is 283 g/mol. The van der Waals surface area contributed by atoms with Gasteiger partial charge in [-0.15, -0.1) is 0 Å². The van der Waals surface area contributed by atoms with Crippen molar-refractivity contribution < 1.29 is 9.13 Å². The van der Waals surface area contributed by atoms with Crippen molar-refractivity contribution >= 4 is 17.5 Å². The maximum absolute atomic E-state index is 13.4. The van der Waals surface area contributed by atoms with Crippen molar-refractivity contribution in [3.63, 3.8) is 0 Å². The van der Waals surface area contributed by atoms with Gasteiger partial charge in [-0.3, -0.25) is 0 Å². The van der Waals surface area contributed by atoms with Crippen molar-refractivity contribution in [2.75, 3.05) is 19.0 Å². The third-order valence-electron chi connectivity index (χ3n) is 2.41. The van der Waals surface area contributed by atoms with E-state index in [1.165, 1.54) is 13.2 Å². The SMILES string of the molecule is COc1nc(Cl)nc(NCCc2ccccc2F)n1. The van der Waals surface area contributed by atoms with Crippen LogP contribution in [0.1, 0.15) is 5.56 Å². The van der Waals surface area contributed by atoms with Gasteiger partial charge in [0.25, 0.3) is 0 Å². The maximum atomic E-state index is 13.4. The van der Waals surface area contributed by atoms with Crippen molar-refractivity contribution in [3.05, 3.63) is 40.9 Å². The molecule has 0 bridgehead atoms. The van der Waals surface area contributed by atoms with Crippen LogP contribution in [0, 0.1) is 5.82 Å². The van der Waals surface area contributed by atoms with Gasteiger partial charge in [-0.25, -0.2) is 4.39 Å². The van der Waals surface area contributed by atoms with Crippen molar-refractivity contribution in [1.29, 1.82) is 0 Å². The predicted octanol–water partition coefficient (Wildman–Crippen LogP) is 2.33. The highest BCUT2D eigenvalue weighted by Gasteiger charge is 2.05. The molecule has 0 aliphatic carbocycles. The summed E-state index contributed by atoms with van der Waals surface area (Å²) in [6.07, 6.45) is 0.512. The lowest BCUT2D eigenvalue weighted by molar-refractivity contribution is 0.379. The van der Waals surface area contributed by atoms with E-state index in [1.807, 2.05) is 0 Å². The van der Waals surface area contributed by atoms with Crippen molar-refractivity contribution in [1.82, 2.24) is 15.0 Å². The molecule has 0 radical (unpaired) electrons. The number of nitrogens with zero attached hydrogens (tertiary/aromatic N) is 3. The number of nitrogens with one attached hydrogen (secondary N) is 1. The van der Waals surface area contributed by atoms with Crippen LogP contribution in [-0.2, 0) is 6.42 Å². The lowest BCUT2D eigenvalue weighted by atomic mass is 10.1. The molecule has 0 aliphatic heterocycles. The molecule has 0 aliphatic rings. The second-order valence-electron chi connectivity index (χ2n) is 3.68. The van der Waals surface area contributed by atoms with Crippen LogP contribution >= 0.6 is 11.6 Å². The number of hydrogen-bond donors (Lipinski definition) is 1. The minimum absolute atomic E-state index is 0.0419. The fraction of sp³-hybridized carbons (Fsp3) is 0.250. The smallest absolute Gasteiger partial charge is 0.322 e. The van der Waals surface area contributed by atoms with Crippen LogP contribution in [0.25, 0.3) is 0 Å². The number of halogens is 2. The second-order valence-corrected chi connectivity index (χ2v) is 4.02. The summed E-state index contributed by atoms with van der Waals surface area (Å²) in [6, 6.07) is 6.74. The molecule has 5 nitrogen and oxygen atoms in total. The van der Waals surface area contributed by atoms with Crippen LogP contribution in [-0.4, -0.2) is 28.6 Å². The molecule has 19 heavy (non-hydrogen) atoms. The second kappa shape index (κ2) is 6.29. The monoisotopic (exact) mass is 282 g/mol. The summed E-state index contributed by atoms with van der Waals surface area (Å²) in [7, 11) is 1.44. The summed E-state index contributed by atoms with van der Waals surface area (Å²) in [5.41, 5.74) is 0.627. The van der Waals surface area contributed by atoms with E-state index < -0.39 is 0 Å². The van der Waals surface area contributed by atoms with Gasteiger partial charge in [0, 0.05) is 6.54 Å². The number of anilines is 1. The fourth-order valence-corrected chi connectivity index (χ4v) is 1.66. The molecule has 1 aromatic carbocycles. The molecule has 100 valence electrons. The first-order valence-corrected chi connectivity index (χ1v) is 5.99. The quantitative estimate of drug-likeness (QED) is 0.912. The van der Waals surface area contributed by atoms with Crippen LogP contribution in [0.4, 0.5) is 10.3 Å². The van der Waals surface area contributed by atoms with Gasteiger partial charge in [-0.2, -0.15) is 15.0 Å². The standard InChI is InChI=1S/C12H12ClFN4O/c1-19-12-17-10(13)16-11(18-12)15-7-6-8-4-2-3-5-9(8)14/h2-5H,6-7H2,1H3,(H,15,16,17,18). The molecule has 0 amide bonds. The van der Waals surface area contributed by atoms with E-state index in [4.69, 9.17) is 16.3 Å². The van der Waals surface area contributed by atoms with Gasteiger partial charge in [-0.05, 0) is 29.7 Å². The summed E-state index contributed by atoms with van der Waals surface area (Å²) in [4.78, 5) is 11.6. The Morgan fingerprint density at radius 1 is 1.26 bits per heavy atom. The number of hydrogen-bond acceptors (Lipinski definition) is 5. The van der Waals surface area contributed by atoms with Crippen molar-refractivity contribution in [2.24, 2.45) is 0 Å². The number of rotatable bonds is 5. The molecule has 0 saturated carbocycles. The van der Waals surface area contributed by atoms with E-state index in [1.54, 1.807) is 18.2 Å². The molecule has 2 aromatic rings. The number of ether oxygens (including phenoxy) is 1. The highest BCUT2D eigenvalue weighted by atomic mass is 35.5. The summed E-state index contributed by atoms with van der Waals surface area (Å²) >= 11 is 5.71. The Morgan fingerprint density at radius 2 is 2.05 bits per heavy atom. The molecule has 0 saturated heterocycles. The summed E-state index contributed by atoms with van der Waals surface area (Å²) < 4.78 is 18.3. The predicted molar refractivity (Wildman–Crippen MR) is 70.0 cm³/mol. The van der Waals surface area contributed by atoms with Gasteiger partial charge in [-0.1, -0.05) is 18.2 Å². The van der Waals surface area contributed by atoms with Gasteiger partial charge in [0.15, 0.2) is 0 Å². The van der Waals surface area contributed by atoms with Crippen LogP contribution in [0.5, 0.6) is 6.01 Å². The molecular weight excluding hydrogens is 271 g/mol. The first-order chi connectivity index (χ1) is 9.19. The van der Waals surface area contributed by atoms with Crippen LogP contribution in [0.2, 0.25) is 5.28 Å². The average Bonchev–Trinajstić information content (AvgIpc) is 2.40. The number of methoxy groups -OCH3 is 1. The Hall–Kier alpha value is -1.95. The molecule has 1 N–H and O–H groups in total. The number of aromatic nitrogens is 3. The zero-order valence-electron chi connectivity index (χ0n) is 10.2. The lowest BCUT2D eigenvalue weighted by Crippen LogP contribution is -2.10. The van der Waals surface area contributed by atoms with Gasteiger partial charge in [0.05, 0.1) is 7.11 Å². The normalized spacial score (nSPS) is 10.3. The van der Waals surface area contributed by atoms with Crippen LogP contribution in [0.3, 0.4) is 0 Å². The Labute approximate surface area is 114 Å². The van der Waals surface area contributed by atoms with Gasteiger partial charge < -0.3 is 10.1 Å². The topological polar surface area (TPSA) is 59.9 Å². The van der Waals surface area contributed by atoms with E-state index in [0.717, 1.165) is 0 Å². The van der Waals surface area contributed by atoms with E-state index in [0.29, 0.717) is 24.5 Å². The molecular formula is C12H12ClFN4O. The van der Waals surface area contributed by atoms with Crippen LogP contribution < -0.4 is 10.1 Å². The van der Waals surface area contributed by atoms with Crippen LogP contribution in [0.15, 0.2) is 24.3 Å².